The van der Waals surface area contributed by atoms with Crippen LogP contribution in [0.1, 0.15) is 31.7 Å². The van der Waals surface area contributed by atoms with Crippen LogP contribution in [0.4, 0.5) is 5.69 Å². The highest BCUT2D eigenvalue weighted by Gasteiger charge is 2.42. The lowest BCUT2D eigenvalue weighted by molar-refractivity contribution is -0.145. The second-order valence-corrected chi connectivity index (χ2v) is 6.66. The summed E-state index contributed by atoms with van der Waals surface area (Å²) in [6, 6.07) is 5.67. The molecule has 0 spiro atoms. The maximum atomic E-state index is 12.5. The first kappa shape index (κ1) is 16.0. The van der Waals surface area contributed by atoms with Crippen LogP contribution in [0.25, 0.3) is 0 Å². The van der Waals surface area contributed by atoms with Crippen molar-refractivity contribution in [2.24, 2.45) is 17.8 Å². The highest BCUT2D eigenvalue weighted by molar-refractivity contribution is 9.10. The van der Waals surface area contributed by atoms with Gasteiger partial charge in [-0.25, -0.2) is 0 Å². The Balaban J connectivity index is 2.15. The number of carboxylic acid groups (broad SMARTS) is 1. The average Bonchev–Trinajstić information content (AvgIpc) is 2.87. The number of amides is 1. The second kappa shape index (κ2) is 6.60. The summed E-state index contributed by atoms with van der Waals surface area (Å²) < 4.78 is 0.885. The van der Waals surface area contributed by atoms with Gasteiger partial charge < -0.3 is 10.4 Å². The number of aliphatic carboxylic acids is 1. The summed E-state index contributed by atoms with van der Waals surface area (Å²) in [6.07, 6.45) is 2.18. The zero-order valence-corrected chi connectivity index (χ0v) is 13.8. The molecule has 21 heavy (non-hydrogen) atoms. The highest BCUT2D eigenvalue weighted by atomic mass is 79.9. The number of carboxylic acids is 1. The zero-order chi connectivity index (χ0) is 15.6. The summed E-state index contributed by atoms with van der Waals surface area (Å²) in [6.45, 7) is 3.96. The van der Waals surface area contributed by atoms with Crippen LogP contribution in [-0.4, -0.2) is 17.0 Å². The first-order valence-corrected chi connectivity index (χ1v) is 8.01. The van der Waals surface area contributed by atoms with E-state index in [1.165, 1.54) is 0 Å². The molecular weight excluding hydrogens is 334 g/mol. The molecule has 0 aromatic heterocycles. The number of benzene rings is 1. The quantitative estimate of drug-likeness (QED) is 0.864. The van der Waals surface area contributed by atoms with E-state index in [0.29, 0.717) is 18.8 Å². The van der Waals surface area contributed by atoms with Crippen LogP contribution >= 0.6 is 15.9 Å². The van der Waals surface area contributed by atoms with Gasteiger partial charge in [-0.05, 0) is 43.4 Å². The van der Waals surface area contributed by atoms with Gasteiger partial charge in [-0.15, -0.1) is 0 Å². The molecule has 1 aliphatic carbocycles. The number of nitrogens with one attached hydrogen (secondary N) is 1. The number of hydrogen-bond donors (Lipinski definition) is 2. The monoisotopic (exact) mass is 353 g/mol. The maximum absolute atomic E-state index is 12.5. The van der Waals surface area contributed by atoms with Crippen molar-refractivity contribution >= 4 is 33.5 Å². The molecule has 0 bridgehead atoms. The summed E-state index contributed by atoms with van der Waals surface area (Å²) in [4.78, 5) is 23.8. The molecule has 1 aliphatic rings. The van der Waals surface area contributed by atoms with E-state index in [-0.39, 0.29) is 5.91 Å². The van der Waals surface area contributed by atoms with Crippen molar-refractivity contribution in [2.45, 2.75) is 33.1 Å². The van der Waals surface area contributed by atoms with Crippen molar-refractivity contribution in [2.75, 3.05) is 5.32 Å². The van der Waals surface area contributed by atoms with E-state index in [0.717, 1.165) is 22.1 Å². The lowest BCUT2D eigenvalue weighted by Crippen LogP contribution is -2.30. The largest absolute Gasteiger partial charge is 0.481 e. The first-order valence-electron chi connectivity index (χ1n) is 7.22. The molecule has 0 heterocycles. The molecule has 4 nitrogen and oxygen atoms in total. The van der Waals surface area contributed by atoms with E-state index in [1.807, 2.05) is 32.0 Å². The normalized spacial score (nSPS) is 24.8. The summed E-state index contributed by atoms with van der Waals surface area (Å²) in [7, 11) is 0. The third-order valence-corrected chi connectivity index (χ3v) is 4.84. The summed E-state index contributed by atoms with van der Waals surface area (Å²) in [5.74, 6) is -1.73. The summed E-state index contributed by atoms with van der Waals surface area (Å²) in [5, 5.41) is 12.2. The Bertz CT molecular complexity index is 558. The topological polar surface area (TPSA) is 66.4 Å². The average molecular weight is 354 g/mol. The smallest absolute Gasteiger partial charge is 0.307 e. The van der Waals surface area contributed by atoms with Crippen molar-refractivity contribution in [3.05, 3.63) is 28.2 Å². The Hall–Kier alpha value is -1.36. The van der Waals surface area contributed by atoms with Gasteiger partial charge in [-0.2, -0.15) is 0 Å². The lowest BCUT2D eigenvalue weighted by Gasteiger charge is -2.16. The standard InChI is InChI=1S/C16H20BrNO3/c1-3-10-6-12(13(7-10)16(20)21)15(19)18-14-8-11(17)5-4-9(14)2/h4-5,8,10,12-13H,3,6-7H2,1-2H3,(H,18,19)(H,20,21)/t10?,12-,13+/m0/s1. The Labute approximate surface area is 133 Å². The van der Waals surface area contributed by atoms with E-state index in [4.69, 9.17) is 0 Å². The summed E-state index contributed by atoms with van der Waals surface area (Å²) >= 11 is 3.38. The number of halogens is 1. The van der Waals surface area contributed by atoms with Gasteiger partial charge in [-0.3, -0.25) is 9.59 Å². The van der Waals surface area contributed by atoms with Gasteiger partial charge in [0.05, 0.1) is 11.8 Å². The van der Waals surface area contributed by atoms with Crippen LogP contribution in [0.15, 0.2) is 22.7 Å². The van der Waals surface area contributed by atoms with Gasteiger partial charge in [0, 0.05) is 10.2 Å². The third-order valence-electron chi connectivity index (χ3n) is 4.35. The Morgan fingerprint density at radius 2 is 2.00 bits per heavy atom. The molecule has 2 N–H and O–H groups in total. The number of carbonyl (C=O) groups is 2. The molecular formula is C16H20BrNO3. The molecule has 0 saturated heterocycles. The fourth-order valence-electron chi connectivity index (χ4n) is 2.99. The first-order chi connectivity index (χ1) is 9.92. The predicted octanol–water partition coefficient (Wildman–Crippen LogP) is 3.83. The predicted molar refractivity (Wildman–Crippen MR) is 85.1 cm³/mol. The molecule has 1 saturated carbocycles. The van der Waals surface area contributed by atoms with E-state index in [1.54, 1.807) is 0 Å². The zero-order valence-electron chi connectivity index (χ0n) is 12.2. The van der Waals surface area contributed by atoms with Gasteiger partial charge in [0.15, 0.2) is 0 Å². The molecule has 1 aromatic carbocycles. The van der Waals surface area contributed by atoms with Gasteiger partial charge >= 0.3 is 5.97 Å². The molecule has 5 heteroatoms. The van der Waals surface area contributed by atoms with Gasteiger partial charge in [0.1, 0.15) is 0 Å². The SMILES string of the molecule is CCC1C[C@H](C(=O)Nc2cc(Br)ccc2C)[C@H](C(=O)O)C1. The Kier molecular flexibility index (Phi) is 5.04. The van der Waals surface area contributed by atoms with E-state index in [9.17, 15) is 14.7 Å². The lowest BCUT2D eigenvalue weighted by atomic mass is 9.95. The maximum Gasteiger partial charge on any atom is 0.307 e. The van der Waals surface area contributed by atoms with Crippen LogP contribution in [0.5, 0.6) is 0 Å². The highest BCUT2D eigenvalue weighted by Crippen LogP contribution is 2.39. The van der Waals surface area contributed by atoms with Gasteiger partial charge in [0.25, 0.3) is 0 Å². The van der Waals surface area contributed by atoms with Gasteiger partial charge in [-0.1, -0.05) is 35.3 Å². The fourth-order valence-corrected chi connectivity index (χ4v) is 3.35. The van der Waals surface area contributed by atoms with Crippen LogP contribution in [-0.2, 0) is 9.59 Å². The molecule has 3 atom stereocenters. The van der Waals surface area contributed by atoms with Crippen molar-refractivity contribution < 1.29 is 14.7 Å². The van der Waals surface area contributed by atoms with Crippen molar-refractivity contribution in [1.29, 1.82) is 0 Å². The molecule has 0 radical (unpaired) electrons. The molecule has 1 fully saturated rings. The van der Waals surface area contributed by atoms with Crippen molar-refractivity contribution in [3.63, 3.8) is 0 Å². The van der Waals surface area contributed by atoms with Crippen molar-refractivity contribution in [3.8, 4) is 0 Å². The number of carbonyl (C=O) groups excluding carboxylic acids is 1. The number of aryl methyl sites for hydroxylation is 1. The minimum Gasteiger partial charge on any atom is -0.481 e. The number of hydrogen-bond acceptors (Lipinski definition) is 2. The molecule has 0 aliphatic heterocycles. The van der Waals surface area contributed by atoms with E-state index >= 15 is 0 Å². The second-order valence-electron chi connectivity index (χ2n) is 5.75. The van der Waals surface area contributed by atoms with Crippen molar-refractivity contribution in [1.82, 2.24) is 0 Å². The minimum atomic E-state index is -0.864. The number of anilines is 1. The molecule has 1 aromatic rings. The molecule has 1 unspecified atom stereocenters. The minimum absolute atomic E-state index is 0.181. The van der Waals surface area contributed by atoms with Crippen LogP contribution in [0.2, 0.25) is 0 Å². The van der Waals surface area contributed by atoms with E-state index in [2.05, 4.69) is 21.2 Å². The van der Waals surface area contributed by atoms with E-state index < -0.39 is 17.8 Å². The number of rotatable bonds is 4. The van der Waals surface area contributed by atoms with Crippen LogP contribution in [0, 0.1) is 24.7 Å². The van der Waals surface area contributed by atoms with Gasteiger partial charge in [0.2, 0.25) is 5.91 Å². The Morgan fingerprint density at radius 3 is 2.62 bits per heavy atom. The van der Waals surface area contributed by atoms with Crippen LogP contribution < -0.4 is 5.32 Å². The summed E-state index contributed by atoms with van der Waals surface area (Å²) in [5.41, 5.74) is 1.70. The molecule has 2 rings (SSSR count). The third kappa shape index (κ3) is 3.64. The Morgan fingerprint density at radius 1 is 1.33 bits per heavy atom. The molecule has 114 valence electrons. The fraction of sp³-hybridized carbons (Fsp3) is 0.500. The molecule has 1 amide bonds. The van der Waals surface area contributed by atoms with Crippen LogP contribution in [0.3, 0.4) is 0 Å².